The van der Waals surface area contributed by atoms with Crippen molar-refractivity contribution in [3.05, 3.63) is 18.5 Å². The van der Waals surface area contributed by atoms with E-state index in [1.807, 2.05) is 12.3 Å². The summed E-state index contributed by atoms with van der Waals surface area (Å²) in [7, 11) is 1.77. The highest BCUT2D eigenvalue weighted by Gasteiger charge is 2.06. The predicted molar refractivity (Wildman–Crippen MR) is 36.8 cm³/mol. The minimum absolute atomic E-state index is 0.181. The maximum atomic E-state index is 9.26. The first-order valence-corrected chi connectivity index (χ1v) is 3.00. The third-order valence-electron chi connectivity index (χ3n) is 1.57. The highest BCUT2D eigenvalue weighted by molar-refractivity contribution is 5.82. The molecule has 0 aromatic carbocycles. The molecule has 0 aliphatic heterocycles. The van der Waals surface area contributed by atoms with E-state index in [0.29, 0.717) is 5.58 Å². The highest BCUT2D eigenvalue weighted by atomic mass is 16.4. The SMILES string of the molecule is Cn1cc2ccoc2c1O. The van der Waals surface area contributed by atoms with Gasteiger partial charge in [-0.3, -0.25) is 0 Å². The zero-order valence-corrected chi connectivity index (χ0v) is 5.53. The summed E-state index contributed by atoms with van der Waals surface area (Å²) in [6.45, 7) is 0. The normalized spacial score (nSPS) is 10.9. The average molecular weight is 137 g/mol. The Balaban J connectivity index is 2.95. The quantitative estimate of drug-likeness (QED) is 0.597. The van der Waals surface area contributed by atoms with Gasteiger partial charge < -0.3 is 14.1 Å². The van der Waals surface area contributed by atoms with E-state index in [9.17, 15) is 5.11 Å². The molecule has 0 atom stereocenters. The zero-order chi connectivity index (χ0) is 7.14. The van der Waals surface area contributed by atoms with E-state index in [1.165, 1.54) is 0 Å². The van der Waals surface area contributed by atoms with E-state index < -0.39 is 0 Å². The van der Waals surface area contributed by atoms with Crippen LogP contribution in [0.2, 0.25) is 0 Å². The van der Waals surface area contributed by atoms with Crippen LogP contribution in [0.4, 0.5) is 0 Å². The monoisotopic (exact) mass is 137 g/mol. The number of hydrogen-bond acceptors (Lipinski definition) is 2. The van der Waals surface area contributed by atoms with Gasteiger partial charge in [0.15, 0.2) is 5.58 Å². The molecule has 2 heterocycles. The van der Waals surface area contributed by atoms with Crippen molar-refractivity contribution >= 4 is 11.0 Å². The van der Waals surface area contributed by atoms with Gasteiger partial charge in [0, 0.05) is 18.6 Å². The number of hydrogen-bond donors (Lipinski definition) is 1. The Kier molecular flexibility index (Phi) is 0.845. The number of rotatable bonds is 0. The maximum Gasteiger partial charge on any atom is 0.235 e. The van der Waals surface area contributed by atoms with Crippen LogP contribution >= 0.6 is 0 Å². The molecule has 0 saturated carbocycles. The lowest BCUT2D eigenvalue weighted by Gasteiger charge is -1.89. The van der Waals surface area contributed by atoms with E-state index in [4.69, 9.17) is 4.42 Å². The number of nitrogens with zero attached hydrogens (tertiary/aromatic N) is 1. The van der Waals surface area contributed by atoms with E-state index in [1.54, 1.807) is 17.9 Å². The first-order chi connectivity index (χ1) is 4.79. The summed E-state index contributed by atoms with van der Waals surface area (Å²) in [6.07, 6.45) is 3.37. The average Bonchev–Trinajstić information content (AvgIpc) is 2.41. The topological polar surface area (TPSA) is 38.3 Å². The lowest BCUT2D eigenvalue weighted by molar-refractivity contribution is 0.424. The second-order valence-corrected chi connectivity index (χ2v) is 2.27. The predicted octanol–water partition coefficient (Wildman–Crippen LogP) is 1.48. The summed E-state index contributed by atoms with van der Waals surface area (Å²) in [5.41, 5.74) is 0.558. The number of aromatic nitrogens is 1. The fourth-order valence-corrected chi connectivity index (χ4v) is 1.03. The smallest absolute Gasteiger partial charge is 0.235 e. The second kappa shape index (κ2) is 1.56. The molecule has 0 aliphatic carbocycles. The van der Waals surface area contributed by atoms with Crippen molar-refractivity contribution < 1.29 is 9.52 Å². The molecule has 2 aromatic rings. The van der Waals surface area contributed by atoms with E-state index >= 15 is 0 Å². The van der Waals surface area contributed by atoms with Gasteiger partial charge in [0.05, 0.1) is 6.26 Å². The first-order valence-electron chi connectivity index (χ1n) is 3.00. The van der Waals surface area contributed by atoms with Crippen molar-refractivity contribution in [2.45, 2.75) is 0 Å². The van der Waals surface area contributed by atoms with Gasteiger partial charge >= 0.3 is 0 Å². The number of aromatic hydroxyl groups is 1. The summed E-state index contributed by atoms with van der Waals surface area (Å²) in [6, 6.07) is 1.81. The Hall–Kier alpha value is -1.38. The van der Waals surface area contributed by atoms with Gasteiger partial charge in [0.25, 0.3) is 0 Å². The van der Waals surface area contributed by atoms with E-state index in [-0.39, 0.29) is 5.88 Å². The fraction of sp³-hybridized carbons (Fsp3) is 0.143. The summed E-state index contributed by atoms with van der Waals surface area (Å²) in [5, 5.41) is 10.2. The highest BCUT2D eigenvalue weighted by Crippen LogP contribution is 2.26. The van der Waals surface area contributed by atoms with Crippen molar-refractivity contribution in [3.63, 3.8) is 0 Å². The van der Waals surface area contributed by atoms with Crippen molar-refractivity contribution in [1.29, 1.82) is 0 Å². The fourth-order valence-electron chi connectivity index (χ4n) is 1.03. The third-order valence-corrected chi connectivity index (χ3v) is 1.57. The molecule has 0 amide bonds. The van der Waals surface area contributed by atoms with Crippen LogP contribution < -0.4 is 0 Å². The zero-order valence-electron chi connectivity index (χ0n) is 5.53. The van der Waals surface area contributed by atoms with Crippen molar-refractivity contribution in [3.8, 4) is 5.88 Å². The summed E-state index contributed by atoms with van der Waals surface area (Å²) < 4.78 is 6.62. The molecular weight excluding hydrogens is 130 g/mol. The van der Waals surface area contributed by atoms with Crippen LogP contribution in [-0.2, 0) is 7.05 Å². The molecule has 0 spiro atoms. The molecular formula is C7H7NO2. The Morgan fingerprint density at radius 1 is 1.60 bits per heavy atom. The van der Waals surface area contributed by atoms with Gasteiger partial charge in [0.1, 0.15) is 0 Å². The summed E-state index contributed by atoms with van der Waals surface area (Å²) in [5.74, 6) is 0.181. The molecule has 2 rings (SSSR count). The molecule has 3 heteroatoms. The standard InChI is InChI=1S/C7H7NO2/c1-8-4-5-2-3-10-6(5)7(8)9/h2-4,9H,1H3. The lowest BCUT2D eigenvalue weighted by atomic mass is 10.4. The molecule has 0 bridgehead atoms. The molecule has 10 heavy (non-hydrogen) atoms. The van der Waals surface area contributed by atoms with Crippen LogP contribution in [0.3, 0.4) is 0 Å². The minimum Gasteiger partial charge on any atom is -0.492 e. The largest absolute Gasteiger partial charge is 0.492 e. The molecule has 0 aliphatic rings. The maximum absolute atomic E-state index is 9.26. The van der Waals surface area contributed by atoms with Gasteiger partial charge in [-0.1, -0.05) is 0 Å². The first kappa shape index (κ1) is 5.41. The number of aryl methyl sites for hydroxylation is 1. The van der Waals surface area contributed by atoms with Crippen LogP contribution in [-0.4, -0.2) is 9.67 Å². The Bertz CT molecular complexity index is 358. The van der Waals surface area contributed by atoms with Crippen LogP contribution in [0.1, 0.15) is 0 Å². The molecule has 0 unspecified atom stereocenters. The Morgan fingerprint density at radius 3 is 3.10 bits per heavy atom. The molecule has 0 fully saturated rings. The second-order valence-electron chi connectivity index (χ2n) is 2.27. The van der Waals surface area contributed by atoms with E-state index in [2.05, 4.69) is 0 Å². The molecule has 3 nitrogen and oxygen atoms in total. The van der Waals surface area contributed by atoms with Crippen LogP contribution in [0.25, 0.3) is 11.0 Å². The number of fused-ring (bicyclic) bond motifs is 1. The third kappa shape index (κ3) is 0.492. The molecule has 0 saturated heterocycles. The van der Waals surface area contributed by atoms with Gasteiger partial charge in [-0.25, -0.2) is 0 Å². The van der Waals surface area contributed by atoms with E-state index in [0.717, 1.165) is 5.39 Å². The van der Waals surface area contributed by atoms with Crippen molar-refractivity contribution in [1.82, 2.24) is 4.57 Å². The molecule has 2 aromatic heterocycles. The molecule has 1 N–H and O–H groups in total. The van der Waals surface area contributed by atoms with Gasteiger partial charge in [-0.2, -0.15) is 0 Å². The van der Waals surface area contributed by atoms with Crippen molar-refractivity contribution in [2.24, 2.45) is 7.05 Å². The van der Waals surface area contributed by atoms with Crippen LogP contribution in [0, 0.1) is 0 Å². The van der Waals surface area contributed by atoms with Crippen LogP contribution in [0.15, 0.2) is 22.9 Å². The summed E-state index contributed by atoms with van der Waals surface area (Å²) in [4.78, 5) is 0. The van der Waals surface area contributed by atoms with Gasteiger partial charge in [-0.15, -0.1) is 0 Å². The van der Waals surface area contributed by atoms with Crippen molar-refractivity contribution in [2.75, 3.05) is 0 Å². The Labute approximate surface area is 57.5 Å². The summed E-state index contributed by atoms with van der Waals surface area (Å²) >= 11 is 0. The van der Waals surface area contributed by atoms with Crippen LogP contribution in [0.5, 0.6) is 5.88 Å². The Morgan fingerprint density at radius 2 is 2.40 bits per heavy atom. The molecule has 0 radical (unpaired) electrons. The lowest BCUT2D eigenvalue weighted by Crippen LogP contribution is -1.80. The minimum atomic E-state index is 0.181. The molecule has 52 valence electrons. The van der Waals surface area contributed by atoms with Gasteiger partial charge in [0.2, 0.25) is 5.88 Å². The number of furan rings is 1. The van der Waals surface area contributed by atoms with Gasteiger partial charge in [-0.05, 0) is 6.07 Å².